The third-order valence-electron chi connectivity index (χ3n) is 1.90. The summed E-state index contributed by atoms with van der Waals surface area (Å²) in [6, 6.07) is 7.94. The van der Waals surface area contributed by atoms with Crippen LogP contribution in [0.1, 0.15) is 6.92 Å². The lowest BCUT2D eigenvalue weighted by molar-refractivity contribution is -0.134. The van der Waals surface area contributed by atoms with Gasteiger partial charge in [-0.3, -0.25) is 9.79 Å². The number of para-hydroxylation sites is 2. The molecular weight excluding hydrogens is 232 g/mol. The van der Waals surface area contributed by atoms with E-state index in [1.165, 1.54) is 0 Å². The van der Waals surface area contributed by atoms with Gasteiger partial charge in [0.1, 0.15) is 0 Å². The van der Waals surface area contributed by atoms with E-state index in [0.717, 1.165) is 31.0 Å². The molecule has 96 valence electrons. The highest BCUT2D eigenvalue weighted by Crippen LogP contribution is 2.05. The molecule has 0 radical (unpaired) electrons. The van der Waals surface area contributed by atoms with Crippen LogP contribution in [0.2, 0.25) is 0 Å². The molecule has 3 rings (SSSR count). The second kappa shape index (κ2) is 7.83. The van der Waals surface area contributed by atoms with Gasteiger partial charge in [0.25, 0.3) is 5.97 Å². The minimum absolute atomic E-state index is 0.833. The van der Waals surface area contributed by atoms with Gasteiger partial charge in [0.2, 0.25) is 0 Å². The van der Waals surface area contributed by atoms with E-state index in [1.807, 2.05) is 24.3 Å². The highest BCUT2D eigenvalue weighted by molar-refractivity contribution is 5.73. The Labute approximate surface area is 105 Å². The number of aliphatic carboxylic acids is 1. The first-order valence-corrected chi connectivity index (χ1v) is 5.49. The number of aromatic nitrogens is 2. The molecular formula is C12H16N4O2. The molecule has 18 heavy (non-hydrogen) atoms. The highest BCUT2D eigenvalue weighted by Gasteiger charge is 1.88. The smallest absolute Gasteiger partial charge is 0.300 e. The zero-order valence-corrected chi connectivity index (χ0v) is 10.1. The minimum Gasteiger partial charge on any atom is -0.481 e. The Morgan fingerprint density at radius 1 is 1.39 bits per heavy atom. The summed E-state index contributed by atoms with van der Waals surface area (Å²) < 4.78 is 0. The second-order valence-corrected chi connectivity index (χ2v) is 3.43. The van der Waals surface area contributed by atoms with Crippen molar-refractivity contribution in [2.75, 3.05) is 13.1 Å². The predicted molar refractivity (Wildman–Crippen MR) is 70.8 cm³/mol. The maximum Gasteiger partial charge on any atom is 0.300 e. The lowest BCUT2D eigenvalue weighted by Crippen LogP contribution is -2.04. The van der Waals surface area contributed by atoms with Crippen LogP contribution in [0.4, 0.5) is 0 Å². The van der Waals surface area contributed by atoms with E-state index in [2.05, 4.69) is 20.3 Å². The van der Waals surface area contributed by atoms with Gasteiger partial charge in [0.05, 0.1) is 30.2 Å². The molecule has 1 aromatic carbocycles. The normalized spacial score (nSPS) is 11.8. The Bertz CT molecular complexity index is 467. The van der Waals surface area contributed by atoms with Crippen LogP contribution < -0.4 is 5.32 Å². The number of H-pyrrole nitrogens is 1. The summed E-state index contributed by atoms with van der Waals surface area (Å²) in [6.07, 6.45) is 3.44. The summed E-state index contributed by atoms with van der Waals surface area (Å²) in [6.45, 7) is 3.07. The summed E-state index contributed by atoms with van der Waals surface area (Å²) in [5.41, 5.74) is 2.12. The van der Waals surface area contributed by atoms with Crippen LogP contribution in [0.25, 0.3) is 11.0 Å². The van der Waals surface area contributed by atoms with E-state index in [9.17, 15) is 0 Å². The molecule has 0 saturated heterocycles. The lowest BCUT2D eigenvalue weighted by Gasteiger charge is -1.81. The van der Waals surface area contributed by atoms with Gasteiger partial charge >= 0.3 is 0 Å². The van der Waals surface area contributed by atoms with E-state index in [1.54, 1.807) is 12.7 Å². The summed E-state index contributed by atoms with van der Waals surface area (Å²) in [4.78, 5) is 19.9. The number of nitrogens with one attached hydrogen (secondary N) is 2. The summed E-state index contributed by atoms with van der Waals surface area (Å²) >= 11 is 0. The van der Waals surface area contributed by atoms with Crippen molar-refractivity contribution in [1.29, 1.82) is 0 Å². The Hall–Kier alpha value is -2.37. The molecule has 6 heteroatoms. The Balaban J connectivity index is 0.000000154. The van der Waals surface area contributed by atoms with E-state index in [-0.39, 0.29) is 0 Å². The zero-order chi connectivity index (χ0) is 13.2. The Morgan fingerprint density at radius 2 is 2.11 bits per heavy atom. The van der Waals surface area contributed by atoms with E-state index in [4.69, 9.17) is 9.90 Å². The number of rotatable bonds is 0. The van der Waals surface area contributed by atoms with Crippen molar-refractivity contribution >= 4 is 23.3 Å². The molecule has 1 aromatic heterocycles. The number of carbonyl (C=O) groups is 1. The molecule has 6 nitrogen and oxygen atoms in total. The van der Waals surface area contributed by atoms with E-state index in [0.29, 0.717) is 0 Å². The molecule has 0 amide bonds. The van der Waals surface area contributed by atoms with Crippen molar-refractivity contribution in [3.63, 3.8) is 0 Å². The molecule has 0 fully saturated rings. The number of fused-ring (bicyclic) bond motifs is 1. The molecule has 0 aliphatic carbocycles. The molecule has 1 aliphatic heterocycles. The molecule has 0 atom stereocenters. The number of imidazole rings is 1. The van der Waals surface area contributed by atoms with Crippen molar-refractivity contribution in [1.82, 2.24) is 15.3 Å². The topological polar surface area (TPSA) is 90.4 Å². The molecule has 0 saturated carbocycles. The first kappa shape index (κ1) is 13.7. The molecule has 2 heterocycles. The number of aliphatic imine (C=N–C) groups is 1. The van der Waals surface area contributed by atoms with Gasteiger partial charge in [-0.1, -0.05) is 12.1 Å². The number of aromatic amines is 1. The van der Waals surface area contributed by atoms with E-state index < -0.39 is 5.97 Å². The Kier molecular flexibility index (Phi) is 5.96. The van der Waals surface area contributed by atoms with Crippen LogP contribution in [-0.2, 0) is 4.79 Å². The maximum absolute atomic E-state index is 9.00. The third-order valence-corrected chi connectivity index (χ3v) is 1.90. The molecule has 0 spiro atoms. The quantitative estimate of drug-likeness (QED) is 0.655. The average molecular weight is 248 g/mol. The summed E-state index contributed by atoms with van der Waals surface area (Å²) in [7, 11) is 0. The number of carboxylic acids is 1. The monoisotopic (exact) mass is 248 g/mol. The van der Waals surface area contributed by atoms with E-state index >= 15 is 0 Å². The second-order valence-electron chi connectivity index (χ2n) is 3.43. The molecule has 2 aromatic rings. The Morgan fingerprint density at radius 3 is 2.61 bits per heavy atom. The predicted octanol–water partition coefficient (Wildman–Crippen LogP) is 1.27. The number of nitrogens with zero attached hydrogens (tertiary/aromatic N) is 2. The lowest BCUT2D eigenvalue weighted by atomic mass is 10.3. The fourth-order valence-corrected chi connectivity index (χ4v) is 1.20. The minimum atomic E-state index is -0.833. The molecule has 0 bridgehead atoms. The zero-order valence-electron chi connectivity index (χ0n) is 10.1. The summed E-state index contributed by atoms with van der Waals surface area (Å²) in [5.74, 6) is -0.833. The van der Waals surface area contributed by atoms with Gasteiger partial charge in [-0.05, 0) is 12.1 Å². The van der Waals surface area contributed by atoms with Crippen molar-refractivity contribution in [3.8, 4) is 0 Å². The first-order valence-electron chi connectivity index (χ1n) is 5.49. The number of hydrogen-bond donors (Lipinski definition) is 3. The van der Waals surface area contributed by atoms with Gasteiger partial charge in [0, 0.05) is 13.5 Å². The van der Waals surface area contributed by atoms with Crippen LogP contribution in [0, 0.1) is 0 Å². The van der Waals surface area contributed by atoms with Crippen LogP contribution in [0.5, 0.6) is 0 Å². The molecule has 0 unspecified atom stereocenters. The van der Waals surface area contributed by atoms with Crippen LogP contribution >= 0.6 is 0 Å². The fourth-order valence-electron chi connectivity index (χ4n) is 1.20. The first-order chi connectivity index (χ1) is 8.70. The fraction of sp³-hybridized carbons (Fsp3) is 0.250. The molecule has 1 aliphatic rings. The van der Waals surface area contributed by atoms with Crippen LogP contribution in [0.15, 0.2) is 35.6 Å². The maximum atomic E-state index is 9.00. The van der Waals surface area contributed by atoms with Crippen molar-refractivity contribution in [2.24, 2.45) is 4.99 Å². The van der Waals surface area contributed by atoms with Gasteiger partial charge in [-0.15, -0.1) is 0 Å². The van der Waals surface area contributed by atoms with Gasteiger partial charge in [-0.2, -0.15) is 0 Å². The number of hydrogen-bond acceptors (Lipinski definition) is 4. The van der Waals surface area contributed by atoms with Crippen molar-refractivity contribution < 1.29 is 9.90 Å². The van der Waals surface area contributed by atoms with Crippen molar-refractivity contribution in [3.05, 3.63) is 30.6 Å². The van der Waals surface area contributed by atoms with Gasteiger partial charge in [-0.25, -0.2) is 4.98 Å². The van der Waals surface area contributed by atoms with Crippen molar-refractivity contribution in [2.45, 2.75) is 6.92 Å². The SMILES string of the molecule is C1=NCCN1.CC(=O)O.c1ccc2[nH]cnc2c1. The summed E-state index contributed by atoms with van der Waals surface area (Å²) in [5, 5.41) is 10.3. The van der Waals surface area contributed by atoms with Crippen LogP contribution in [-0.4, -0.2) is 40.5 Å². The van der Waals surface area contributed by atoms with Gasteiger partial charge in [0.15, 0.2) is 0 Å². The third kappa shape index (κ3) is 5.64. The largest absolute Gasteiger partial charge is 0.481 e. The standard InChI is InChI=1S/C7H6N2.C3H6N2.C2H4O2/c1-2-4-7-6(3-1)8-5-9-7;1-2-5-3-4-1;1-2(3)4/h1-5H,(H,8,9);3H,1-2H2,(H,4,5);1H3,(H,3,4). The molecule has 3 N–H and O–H groups in total. The number of benzene rings is 1. The highest BCUT2D eigenvalue weighted by atomic mass is 16.4. The van der Waals surface area contributed by atoms with Crippen LogP contribution in [0.3, 0.4) is 0 Å². The van der Waals surface area contributed by atoms with Gasteiger partial charge < -0.3 is 15.4 Å². The number of carboxylic acid groups (broad SMARTS) is 1. The average Bonchev–Trinajstić information content (AvgIpc) is 3.03.